The van der Waals surface area contributed by atoms with E-state index in [-0.39, 0.29) is 6.71 Å². The highest BCUT2D eigenvalue weighted by atomic mass is 28.3. The zero-order valence-electron chi connectivity index (χ0n) is 20.5. The molecule has 0 spiro atoms. The fraction of sp³-hybridized carbons (Fsp3) is 0.333. The Kier molecular flexibility index (Phi) is 9.17. The average molecular weight is 439 g/mol. The van der Waals surface area contributed by atoms with E-state index in [4.69, 9.17) is 0 Å². The molecule has 0 heterocycles. The molecule has 0 unspecified atom stereocenters. The second-order valence-electron chi connectivity index (χ2n) is 9.56. The Morgan fingerprint density at radius 3 is 1.62 bits per heavy atom. The lowest BCUT2D eigenvalue weighted by Gasteiger charge is -2.32. The standard InChI is InChI=1S/C30H39BSi/c1-5-7-8-18-25-29(32(3,4)6-2)30(26-19-12-9-13-20-26)31(27-21-14-10-15-22-27)28-23-16-11-17-24-28/h9-17,19-24H,5-8,18,25H2,1-4H3/b30-29-. The Morgan fingerprint density at radius 1 is 0.656 bits per heavy atom. The number of unbranched alkanes of at least 4 members (excludes halogenated alkanes) is 3. The van der Waals surface area contributed by atoms with Gasteiger partial charge in [0.2, 0.25) is 6.71 Å². The van der Waals surface area contributed by atoms with Crippen LogP contribution < -0.4 is 10.9 Å². The van der Waals surface area contributed by atoms with Crippen LogP contribution in [0.4, 0.5) is 0 Å². The number of benzene rings is 3. The minimum atomic E-state index is -1.56. The van der Waals surface area contributed by atoms with Crippen molar-refractivity contribution in [2.75, 3.05) is 0 Å². The molecular weight excluding hydrogens is 399 g/mol. The fourth-order valence-corrected chi connectivity index (χ4v) is 7.03. The van der Waals surface area contributed by atoms with Crippen molar-refractivity contribution >= 4 is 31.2 Å². The lowest BCUT2D eigenvalue weighted by molar-refractivity contribution is 0.670. The number of allylic oxidation sites excluding steroid dienone is 1. The van der Waals surface area contributed by atoms with Gasteiger partial charge < -0.3 is 0 Å². The van der Waals surface area contributed by atoms with Crippen LogP contribution >= 0.6 is 0 Å². The lowest BCUT2D eigenvalue weighted by atomic mass is 9.35. The largest absolute Gasteiger partial charge is 0.241 e. The molecule has 0 bridgehead atoms. The molecule has 0 nitrogen and oxygen atoms in total. The zero-order valence-corrected chi connectivity index (χ0v) is 21.5. The van der Waals surface area contributed by atoms with Gasteiger partial charge in [-0.15, -0.1) is 0 Å². The minimum absolute atomic E-state index is 0.263. The van der Waals surface area contributed by atoms with Gasteiger partial charge in [0.05, 0.1) is 8.07 Å². The summed E-state index contributed by atoms with van der Waals surface area (Å²) in [5.74, 6) is 0. The summed E-state index contributed by atoms with van der Waals surface area (Å²) >= 11 is 0. The molecule has 0 amide bonds. The first-order valence-electron chi connectivity index (χ1n) is 12.5. The smallest absolute Gasteiger partial charge is 0.0847 e. The van der Waals surface area contributed by atoms with Crippen molar-refractivity contribution in [3.05, 3.63) is 102 Å². The summed E-state index contributed by atoms with van der Waals surface area (Å²) in [5, 5.41) is 1.76. The molecular formula is C30H39BSi. The van der Waals surface area contributed by atoms with Crippen LogP contribution in [0, 0.1) is 0 Å². The summed E-state index contributed by atoms with van der Waals surface area (Å²) in [6.45, 7) is 10.1. The van der Waals surface area contributed by atoms with Crippen molar-refractivity contribution in [2.45, 2.75) is 65.1 Å². The van der Waals surface area contributed by atoms with E-state index >= 15 is 0 Å². The summed E-state index contributed by atoms with van der Waals surface area (Å²) in [6.07, 6.45) is 6.48. The highest BCUT2D eigenvalue weighted by Gasteiger charge is 2.33. The van der Waals surface area contributed by atoms with Crippen molar-refractivity contribution in [3.63, 3.8) is 0 Å². The van der Waals surface area contributed by atoms with Crippen LogP contribution in [0.1, 0.15) is 51.5 Å². The van der Waals surface area contributed by atoms with Crippen LogP contribution in [0.25, 0.3) is 5.47 Å². The van der Waals surface area contributed by atoms with E-state index in [1.165, 1.54) is 54.6 Å². The monoisotopic (exact) mass is 438 g/mol. The van der Waals surface area contributed by atoms with Crippen LogP contribution in [-0.4, -0.2) is 14.8 Å². The van der Waals surface area contributed by atoms with E-state index in [1.54, 1.807) is 10.7 Å². The Bertz CT molecular complexity index is 922. The quantitative estimate of drug-likeness (QED) is 0.214. The predicted molar refractivity (Wildman–Crippen MR) is 148 cm³/mol. The van der Waals surface area contributed by atoms with Gasteiger partial charge in [-0.3, -0.25) is 0 Å². The van der Waals surface area contributed by atoms with Gasteiger partial charge in [-0.1, -0.05) is 165 Å². The van der Waals surface area contributed by atoms with Gasteiger partial charge in [0, 0.05) is 0 Å². The van der Waals surface area contributed by atoms with Gasteiger partial charge in [-0.2, -0.15) is 0 Å². The summed E-state index contributed by atoms with van der Waals surface area (Å²) in [6, 6.07) is 34.8. The molecule has 0 radical (unpaired) electrons. The number of rotatable bonds is 11. The van der Waals surface area contributed by atoms with Gasteiger partial charge >= 0.3 is 0 Å². The summed E-state index contributed by atoms with van der Waals surface area (Å²) in [4.78, 5) is 0. The Balaban J connectivity index is 2.28. The number of hydrogen-bond acceptors (Lipinski definition) is 0. The predicted octanol–water partition coefficient (Wildman–Crippen LogP) is 7.53. The van der Waals surface area contributed by atoms with Gasteiger partial charge in [-0.05, 0) is 18.4 Å². The summed E-state index contributed by atoms with van der Waals surface area (Å²) in [7, 11) is -1.56. The lowest BCUT2D eigenvalue weighted by Crippen LogP contribution is -2.46. The van der Waals surface area contributed by atoms with E-state index in [0.717, 1.165) is 0 Å². The Morgan fingerprint density at radius 2 is 1.16 bits per heavy atom. The van der Waals surface area contributed by atoms with Crippen molar-refractivity contribution < 1.29 is 0 Å². The molecule has 0 aliphatic heterocycles. The van der Waals surface area contributed by atoms with Crippen LogP contribution in [-0.2, 0) is 0 Å². The van der Waals surface area contributed by atoms with Crippen LogP contribution in [0.15, 0.2) is 96.2 Å². The topological polar surface area (TPSA) is 0 Å². The molecule has 3 aromatic carbocycles. The second-order valence-corrected chi connectivity index (χ2v) is 14.6. The van der Waals surface area contributed by atoms with Crippen LogP contribution in [0.5, 0.6) is 0 Å². The molecule has 0 aromatic heterocycles. The molecule has 3 rings (SSSR count). The first-order valence-corrected chi connectivity index (χ1v) is 15.7. The molecule has 166 valence electrons. The molecule has 0 saturated carbocycles. The molecule has 0 atom stereocenters. The molecule has 3 aromatic rings. The average Bonchev–Trinajstić information content (AvgIpc) is 2.84. The van der Waals surface area contributed by atoms with Gasteiger partial charge in [0.15, 0.2) is 0 Å². The zero-order chi connectivity index (χ0) is 22.8. The maximum Gasteiger partial charge on any atom is 0.241 e. The fourth-order valence-electron chi connectivity index (χ4n) is 4.73. The van der Waals surface area contributed by atoms with E-state index in [0.29, 0.717) is 0 Å². The summed E-state index contributed by atoms with van der Waals surface area (Å²) in [5.41, 5.74) is 5.75. The molecule has 32 heavy (non-hydrogen) atoms. The van der Waals surface area contributed by atoms with Crippen LogP contribution in [0.2, 0.25) is 19.1 Å². The van der Waals surface area contributed by atoms with Gasteiger partial charge in [0.1, 0.15) is 0 Å². The normalized spacial score (nSPS) is 12.4. The third-order valence-corrected chi connectivity index (χ3v) is 10.9. The highest BCUT2D eigenvalue weighted by molar-refractivity contribution is 7.02. The maximum absolute atomic E-state index is 2.58. The highest BCUT2D eigenvalue weighted by Crippen LogP contribution is 2.34. The van der Waals surface area contributed by atoms with E-state index < -0.39 is 8.07 Å². The van der Waals surface area contributed by atoms with Gasteiger partial charge in [-0.25, -0.2) is 0 Å². The molecule has 0 aliphatic rings. The number of hydrogen-bond donors (Lipinski definition) is 0. The first-order chi connectivity index (χ1) is 15.6. The van der Waals surface area contributed by atoms with Crippen molar-refractivity contribution in [1.29, 1.82) is 0 Å². The molecule has 2 heteroatoms. The molecule has 0 fully saturated rings. The van der Waals surface area contributed by atoms with Crippen molar-refractivity contribution in [2.24, 2.45) is 0 Å². The van der Waals surface area contributed by atoms with E-state index in [9.17, 15) is 0 Å². The Labute approximate surface area is 197 Å². The molecule has 0 N–H and O–H groups in total. The molecule has 0 aliphatic carbocycles. The maximum atomic E-state index is 2.58. The van der Waals surface area contributed by atoms with Crippen molar-refractivity contribution in [1.82, 2.24) is 0 Å². The van der Waals surface area contributed by atoms with Gasteiger partial charge in [0.25, 0.3) is 0 Å². The molecule has 0 saturated heterocycles. The van der Waals surface area contributed by atoms with Crippen molar-refractivity contribution in [3.8, 4) is 0 Å². The second kappa shape index (κ2) is 12.1. The summed E-state index contributed by atoms with van der Waals surface area (Å²) < 4.78 is 0. The van der Waals surface area contributed by atoms with Crippen LogP contribution in [0.3, 0.4) is 0 Å². The third-order valence-electron chi connectivity index (χ3n) is 6.95. The third kappa shape index (κ3) is 6.13. The van der Waals surface area contributed by atoms with E-state index in [1.807, 2.05) is 0 Å². The minimum Gasteiger partial charge on any atom is -0.0847 e. The Hall–Kier alpha value is -2.32. The first kappa shape index (κ1) is 24.3. The SMILES string of the molecule is CCCCCC/C(=C(/B(c1ccccc1)c1ccccc1)c1ccccc1)[Si](C)(C)CC. The van der Waals surface area contributed by atoms with E-state index in [2.05, 4.69) is 118 Å².